The highest BCUT2D eigenvalue weighted by Crippen LogP contribution is 1.97. The Bertz CT molecular complexity index is 189. The van der Waals surface area contributed by atoms with Gasteiger partial charge in [0.05, 0.1) is 25.1 Å². The predicted molar refractivity (Wildman–Crippen MR) is 42.1 cm³/mol. The second-order valence-electron chi connectivity index (χ2n) is 2.11. The highest BCUT2D eigenvalue weighted by molar-refractivity contribution is 8.13. The fourth-order valence-corrected chi connectivity index (χ4v) is 0.886. The molecule has 0 amide bonds. The number of hydrogen-bond donors (Lipinski definition) is 1. The van der Waals surface area contributed by atoms with E-state index in [4.69, 9.17) is 20.5 Å². The van der Waals surface area contributed by atoms with Crippen LogP contribution in [0.3, 0.4) is 0 Å². The van der Waals surface area contributed by atoms with Crippen LogP contribution in [-0.2, 0) is 13.8 Å². The first-order valence-corrected chi connectivity index (χ1v) is 5.58. The van der Waals surface area contributed by atoms with Crippen molar-refractivity contribution in [3.05, 3.63) is 0 Å². The van der Waals surface area contributed by atoms with E-state index in [1.807, 2.05) is 0 Å². The molecular formula is C5H11ClO4S. The Hall–Kier alpha value is 0.160. The molecule has 0 saturated carbocycles. The lowest BCUT2D eigenvalue weighted by Crippen LogP contribution is -2.17. The topological polar surface area (TPSA) is 63.6 Å². The van der Waals surface area contributed by atoms with Gasteiger partial charge in [0.15, 0.2) is 0 Å². The van der Waals surface area contributed by atoms with Crippen molar-refractivity contribution in [3.8, 4) is 0 Å². The molecule has 1 N–H and O–H groups in total. The van der Waals surface area contributed by atoms with Crippen molar-refractivity contribution in [1.29, 1.82) is 0 Å². The van der Waals surface area contributed by atoms with Crippen LogP contribution >= 0.6 is 10.7 Å². The van der Waals surface area contributed by atoms with Gasteiger partial charge in [-0.1, -0.05) is 0 Å². The summed E-state index contributed by atoms with van der Waals surface area (Å²) < 4.78 is 25.5. The first-order chi connectivity index (χ1) is 4.95. The van der Waals surface area contributed by atoms with E-state index in [0.717, 1.165) is 0 Å². The maximum absolute atomic E-state index is 10.3. The third kappa shape index (κ3) is 8.06. The highest BCUT2D eigenvalue weighted by Gasteiger charge is 2.06. The molecule has 1 unspecified atom stereocenters. The van der Waals surface area contributed by atoms with Crippen molar-refractivity contribution in [3.63, 3.8) is 0 Å². The lowest BCUT2D eigenvalue weighted by molar-refractivity contribution is 0.0336. The first-order valence-electron chi connectivity index (χ1n) is 3.10. The average molecular weight is 203 g/mol. The molecule has 0 spiro atoms. The summed E-state index contributed by atoms with van der Waals surface area (Å²) in [5.74, 6) is -0.223. The van der Waals surface area contributed by atoms with Gasteiger partial charge in [0.2, 0.25) is 9.05 Å². The summed E-state index contributed by atoms with van der Waals surface area (Å²) in [6.45, 7) is 1.54. The number of halogens is 1. The minimum Gasteiger partial charge on any atom is -0.394 e. The normalized spacial score (nSPS) is 14.8. The largest absolute Gasteiger partial charge is 0.394 e. The van der Waals surface area contributed by atoms with Crippen molar-refractivity contribution in [1.82, 2.24) is 0 Å². The molecular weight excluding hydrogens is 192 g/mol. The summed E-state index contributed by atoms with van der Waals surface area (Å²) in [5.41, 5.74) is 0. The van der Waals surface area contributed by atoms with Crippen molar-refractivity contribution in [2.75, 3.05) is 19.0 Å². The zero-order chi connectivity index (χ0) is 8.91. The van der Waals surface area contributed by atoms with Crippen molar-refractivity contribution in [2.24, 2.45) is 0 Å². The number of aliphatic hydroxyl groups excluding tert-OH is 1. The minimum absolute atomic E-state index is 0.0214. The lowest BCUT2D eigenvalue weighted by Gasteiger charge is -2.07. The lowest BCUT2D eigenvalue weighted by atomic mass is 10.4. The van der Waals surface area contributed by atoms with E-state index in [-0.39, 0.29) is 25.1 Å². The van der Waals surface area contributed by atoms with Gasteiger partial charge >= 0.3 is 0 Å². The molecule has 0 aromatic carbocycles. The van der Waals surface area contributed by atoms with Crippen LogP contribution in [0.25, 0.3) is 0 Å². The summed E-state index contributed by atoms with van der Waals surface area (Å²) in [7, 11) is 1.43. The summed E-state index contributed by atoms with van der Waals surface area (Å²) in [4.78, 5) is 0. The second kappa shape index (κ2) is 4.92. The van der Waals surface area contributed by atoms with E-state index in [2.05, 4.69) is 0 Å². The van der Waals surface area contributed by atoms with Crippen molar-refractivity contribution >= 4 is 19.7 Å². The fraction of sp³-hybridized carbons (Fsp3) is 1.00. The quantitative estimate of drug-likeness (QED) is 0.636. The Morgan fingerprint density at radius 2 is 2.18 bits per heavy atom. The number of hydrogen-bond acceptors (Lipinski definition) is 4. The van der Waals surface area contributed by atoms with Gasteiger partial charge in [-0.25, -0.2) is 8.42 Å². The molecule has 11 heavy (non-hydrogen) atoms. The molecule has 0 bridgehead atoms. The second-order valence-corrected chi connectivity index (χ2v) is 5.00. The maximum atomic E-state index is 10.3. The van der Waals surface area contributed by atoms with Gasteiger partial charge in [-0.15, -0.1) is 0 Å². The van der Waals surface area contributed by atoms with E-state index < -0.39 is 9.05 Å². The van der Waals surface area contributed by atoms with Crippen LogP contribution in [-0.4, -0.2) is 38.6 Å². The average Bonchev–Trinajstić information content (AvgIpc) is 1.85. The fourth-order valence-electron chi connectivity index (χ4n) is 0.402. The van der Waals surface area contributed by atoms with Gasteiger partial charge in [0.1, 0.15) is 0 Å². The van der Waals surface area contributed by atoms with Crippen LogP contribution in [0.1, 0.15) is 6.92 Å². The maximum Gasteiger partial charge on any atom is 0.234 e. The molecule has 1 atom stereocenters. The molecule has 0 aliphatic rings. The number of aliphatic hydroxyl groups is 1. The third-order valence-electron chi connectivity index (χ3n) is 0.987. The van der Waals surface area contributed by atoms with Gasteiger partial charge in [0, 0.05) is 10.7 Å². The van der Waals surface area contributed by atoms with Crippen LogP contribution in [0.2, 0.25) is 0 Å². The van der Waals surface area contributed by atoms with E-state index >= 15 is 0 Å². The van der Waals surface area contributed by atoms with Gasteiger partial charge in [-0.2, -0.15) is 0 Å². The minimum atomic E-state index is -3.46. The zero-order valence-electron chi connectivity index (χ0n) is 6.16. The molecule has 68 valence electrons. The van der Waals surface area contributed by atoms with Gasteiger partial charge in [-0.05, 0) is 6.92 Å². The predicted octanol–water partition coefficient (Wildman–Crippen LogP) is -0.0476. The van der Waals surface area contributed by atoms with Crippen molar-refractivity contribution < 1.29 is 18.3 Å². The van der Waals surface area contributed by atoms with Crippen LogP contribution in [0.5, 0.6) is 0 Å². The van der Waals surface area contributed by atoms with Gasteiger partial charge in [-0.3, -0.25) is 0 Å². The van der Waals surface area contributed by atoms with E-state index in [0.29, 0.717) is 0 Å². The Balaban J connectivity index is 3.43. The van der Waals surface area contributed by atoms with Crippen LogP contribution in [0, 0.1) is 0 Å². The zero-order valence-corrected chi connectivity index (χ0v) is 7.73. The monoisotopic (exact) mass is 202 g/mol. The SMILES string of the molecule is CC(CO)OCCS(=O)(=O)Cl. The van der Waals surface area contributed by atoms with Crippen LogP contribution in [0.4, 0.5) is 0 Å². The third-order valence-corrected chi connectivity index (χ3v) is 2.10. The summed E-state index contributed by atoms with van der Waals surface area (Å²) in [6.07, 6.45) is -0.339. The van der Waals surface area contributed by atoms with E-state index in [1.165, 1.54) is 0 Å². The van der Waals surface area contributed by atoms with Gasteiger partial charge < -0.3 is 9.84 Å². The number of ether oxygens (including phenoxy) is 1. The Morgan fingerprint density at radius 3 is 2.55 bits per heavy atom. The summed E-state index contributed by atoms with van der Waals surface area (Å²) in [6, 6.07) is 0. The molecule has 0 saturated heterocycles. The molecule has 0 radical (unpaired) electrons. The Kier molecular flexibility index (Phi) is 4.99. The number of rotatable bonds is 5. The molecule has 6 heteroatoms. The molecule has 0 rings (SSSR count). The smallest absolute Gasteiger partial charge is 0.234 e. The molecule has 4 nitrogen and oxygen atoms in total. The summed E-state index contributed by atoms with van der Waals surface area (Å²) >= 11 is 0. The van der Waals surface area contributed by atoms with E-state index in [1.54, 1.807) is 6.92 Å². The van der Waals surface area contributed by atoms with Crippen LogP contribution in [0.15, 0.2) is 0 Å². The van der Waals surface area contributed by atoms with Gasteiger partial charge in [0.25, 0.3) is 0 Å². The van der Waals surface area contributed by atoms with Crippen molar-refractivity contribution in [2.45, 2.75) is 13.0 Å². The molecule has 0 heterocycles. The molecule has 0 aliphatic carbocycles. The van der Waals surface area contributed by atoms with Crippen LogP contribution < -0.4 is 0 Å². The summed E-state index contributed by atoms with van der Waals surface area (Å²) in [5, 5.41) is 8.46. The Labute approximate surface area is 70.5 Å². The van der Waals surface area contributed by atoms with E-state index in [9.17, 15) is 8.42 Å². The molecule has 0 aliphatic heterocycles. The Morgan fingerprint density at radius 1 is 1.64 bits per heavy atom. The molecule has 0 fully saturated rings. The standard InChI is InChI=1S/C5H11ClO4S/c1-5(4-7)10-2-3-11(6,8)9/h5,7H,2-4H2,1H3. The molecule has 0 aromatic heterocycles. The highest BCUT2D eigenvalue weighted by atomic mass is 35.7. The molecule has 0 aromatic rings. The first kappa shape index (κ1) is 11.2.